The Kier molecular flexibility index (Phi) is 6.34. The lowest BCUT2D eigenvalue weighted by molar-refractivity contribution is 0.155. The van der Waals surface area contributed by atoms with Gasteiger partial charge in [0.15, 0.2) is 0 Å². The minimum absolute atomic E-state index is 0.0540. The minimum Gasteiger partial charge on any atom is -0.493 e. The van der Waals surface area contributed by atoms with E-state index in [-0.39, 0.29) is 5.75 Å². The van der Waals surface area contributed by atoms with Crippen molar-refractivity contribution in [3.63, 3.8) is 0 Å². The van der Waals surface area contributed by atoms with E-state index in [0.29, 0.717) is 19.4 Å². The molecular weight excluding hydrogens is 296 g/mol. The van der Waals surface area contributed by atoms with Crippen molar-refractivity contribution in [2.24, 2.45) is 5.41 Å². The van der Waals surface area contributed by atoms with Crippen LogP contribution in [0.5, 0.6) is 5.75 Å². The summed E-state index contributed by atoms with van der Waals surface area (Å²) in [5.74, 6) is 0.710. The Labute approximate surface area is 126 Å². The van der Waals surface area contributed by atoms with E-state index in [9.17, 15) is 8.42 Å². The van der Waals surface area contributed by atoms with Crippen LogP contribution < -0.4 is 4.74 Å². The largest absolute Gasteiger partial charge is 0.493 e. The van der Waals surface area contributed by atoms with Crippen molar-refractivity contribution in [1.82, 2.24) is 0 Å². The fourth-order valence-corrected chi connectivity index (χ4v) is 4.04. The SMILES string of the molecule is CCc1ccc(OCC(CC)(CC)CS(=O)(=O)Cl)cc1. The fraction of sp³-hybridized carbons (Fsp3) is 0.600. The monoisotopic (exact) mass is 318 g/mol. The van der Waals surface area contributed by atoms with E-state index in [1.807, 2.05) is 38.1 Å². The molecular formula is C15H23ClO3S. The van der Waals surface area contributed by atoms with Crippen LogP contribution in [0.15, 0.2) is 24.3 Å². The summed E-state index contributed by atoms with van der Waals surface area (Å²) >= 11 is 0. The Morgan fingerprint density at radius 3 is 2.05 bits per heavy atom. The molecule has 0 radical (unpaired) electrons. The van der Waals surface area contributed by atoms with Gasteiger partial charge in [0, 0.05) is 16.1 Å². The molecule has 0 aliphatic carbocycles. The van der Waals surface area contributed by atoms with E-state index < -0.39 is 14.5 Å². The summed E-state index contributed by atoms with van der Waals surface area (Å²) in [6, 6.07) is 7.88. The molecule has 0 saturated heterocycles. The molecule has 0 N–H and O–H groups in total. The summed E-state index contributed by atoms with van der Waals surface area (Å²) in [7, 11) is 1.88. The Morgan fingerprint density at radius 1 is 1.10 bits per heavy atom. The van der Waals surface area contributed by atoms with E-state index in [4.69, 9.17) is 15.4 Å². The highest BCUT2D eigenvalue weighted by Gasteiger charge is 2.32. The molecule has 0 fully saturated rings. The molecule has 5 heteroatoms. The van der Waals surface area contributed by atoms with Crippen molar-refractivity contribution < 1.29 is 13.2 Å². The molecule has 114 valence electrons. The first kappa shape index (κ1) is 17.3. The quantitative estimate of drug-likeness (QED) is 0.680. The van der Waals surface area contributed by atoms with Crippen LogP contribution in [0.2, 0.25) is 0 Å². The molecule has 20 heavy (non-hydrogen) atoms. The third-order valence-electron chi connectivity index (χ3n) is 3.86. The number of ether oxygens (including phenoxy) is 1. The van der Waals surface area contributed by atoms with Crippen LogP contribution in [0.1, 0.15) is 39.2 Å². The Bertz CT molecular complexity index is 504. The maximum Gasteiger partial charge on any atom is 0.233 e. The second-order valence-electron chi connectivity index (χ2n) is 5.18. The second-order valence-corrected chi connectivity index (χ2v) is 7.95. The predicted molar refractivity (Wildman–Crippen MR) is 84.0 cm³/mol. The fourth-order valence-electron chi connectivity index (χ4n) is 2.12. The van der Waals surface area contributed by atoms with Crippen molar-refractivity contribution in [2.45, 2.75) is 40.0 Å². The number of benzene rings is 1. The van der Waals surface area contributed by atoms with Crippen LogP contribution in [-0.2, 0) is 15.5 Å². The molecule has 0 spiro atoms. The first-order valence-corrected chi connectivity index (χ1v) is 9.46. The average Bonchev–Trinajstić information content (AvgIpc) is 2.43. The molecule has 0 amide bonds. The molecule has 0 aliphatic heterocycles. The van der Waals surface area contributed by atoms with Gasteiger partial charge < -0.3 is 4.74 Å². The normalized spacial score (nSPS) is 12.4. The average molecular weight is 319 g/mol. The topological polar surface area (TPSA) is 43.4 Å². The lowest BCUT2D eigenvalue weighted by Gasteiger charge is -2.30. The van der Waals surface area contributed by atoms with Crippen molar-refractivity contribution in [3.05, 3.63) is 29.8 Å². The third kappa shape index (κ3) is 5.33. The zero-order valence-electron chi connectivity index (χ0n) is 12.4. The van der Waals surface area contributed by atoms with E-state index in [2.05, 4.69) is 6.92 Å². The van der Waals surface area contributed by atoms with E-state index in [1.165, 1.54) is 5.56 Å². The van der Waals surface area contributed by atoms with Crippen LogP contribution >= 0.6 is 10.7 Å². The molecule has 0 bridgehead atoms. The summed E-state index contributed by atoms with van der Waals surface area (Å²) in [4.78, 5) is 0. The number of halogens is 1. The summed E-state index contributed by atoms with van der Waals surface area (Å²) in [6.45, 7) is 6.39. The van der Waals surface area contributed by atoms with Gasteiger partial charge in [0.2, 0.25) is 9.05 Å². The van der Waals surface area contributed by atoms with Crippen molar-refractivity contribution in [1.29, 1.82) is 0 Å². The maximum atomic E-state index is 11.4. The summed E-state index contributed by atoms with van der Waals surface area (Å²) < 4.78 is 28.5. The van der Waals surface area contributed by atoms with Crippen LogP contribution in [0.3, 0.4) is 0 Å². The molecule has 0 unspecified atom stereocenters. The zero-order chi connectivity index (χ0) is 15.2. The molecule has 0 aliphatic rings. The first-order valence-electron chi connectivity index (χ1n) is 6.98. The third-order valence-corrected chi connectivity index (χ3v) is 5.14. The second kappa shape index (κ2) is 7.32. The molecule has 0 atom stereocenters. The lowest BCUT2D eigenvalue weighted by Crippen LogP contribution is -2.33. The van der Waals surface area contributed by atoms with Gasteiger partial charge in [0.1, 0.15) is 5.75 Å². The highest BCUT2D eigenvalue weighted by atomic mass is 35.7. The highest BCUT2D eigenvalue weighted by Crippen LogP contribution is 2.30. The summed E-state index contributed by atoms with van der Waals surface area (Å²) in [6.07, 6.45) is 2.41. The summed E-state index contributed by atoms with van der Waals surface area (Å²) in [5, 5.41) is 0. The van der Waals surface area contributed by atoms with Gasteiger partial charge in [-0.15, -0.1) is 0 Å². The Hall–Kier alpha value is -0.740. The zero-order valence-corrected chi connectivity index (χ0v) is 13.9. The van der Waals surface area contributed by atoms with Crippen molar-refractivity contribution in [2.75, 3.05) is 12.4 Å². The highest BCUT2D eigenvalue weighted by molar-refractivity contribution is 8.13. The molecule has 0 heterocycles. The van der Waals surface area contributed by atoms with Gasteiger partial charge in [-0.3, -0.25) is 0 Å². The van der Waals surface area contributed by atoms with Gasteiger partial charge >= 0.3 is 0 Å². The predicted octanol–water partition coefficient (Wildman–Crippen LogP) is 4.00. The van der Waals surface area contributed by atoms with Gasteiger partial charge in [0.05, 0.1) is 12.4 Å². The molecule has 3 nitrogen and oxygen atoms in total. The number of aryl methyl sites for hydroxylation is 1. The molecule has 0 saturated carbocycles. The van der Waals surface area contributed by atoms with E-state index in [0.717, 1.165) is 12.2 Å². The van der Waals surface area contributed by atoms with Crippen LogP contribution in [0.4, 0.5) is 0 Å². The molecule has 1 rings (SSSR count). The first-order chi connectivity index (χ1) is 9.34. The standard InChI is InChI=1S/C15H23ClO3S/c1-4-13-7-9-14(10-8-13)19-11-15(5-2,6-3)12-20(16,17)18/h7-10H,4-6,11-12H2,1-3H3. The molecule has 1 aromatic carbocycles. The van der Waals surface area contributed by atoms with Crippen LogP contribution in [0, 0.1) is 5.41 Å². The van der Waals surface area contributed by atoms with Gasteiger partial charge in [0.25, 0.3) is 0 Å². The van der Waals surface area contributed by atoms with Gasteiger partial charge in [-0.25, -0.2) is 8.42 Å². The lowest BCUT2D eigenvalue weighted by atomic mass is 9.85. The summed E-state index contributed by atoms with van der Waals surface area (Å²) in [5.41, 5.74) is 0.822. The van der Waals surface area contributed by atoms with Crippen molar-refractivity contribution in [3.8, 4) is 5.75 Å². The van der Waals surface area contributed by atoms with Gasteiger partial charge in [-0.05, 0) is 37.0 Å². The van der Waals surface area contributed by atoms with Gasteiger partial charge in [-0.1, -0.05) is 32.9 Å². The Balaban J connectivity index is 2.75. The molecule has 0 aromatic heterocycles. The van der Waals surface area contributed by atoms with Crippen molar-refractivity contribution >= 4 is 19.7 Å². The smallest absolute Gasteiger partial charge is 0.233 e. The number of hydrogen-bond donors (Lipinski definition) is 0. The van der Waals surface area contributed by atoms with E-state index >= 15 is 0 Å². The number of rotatable bonds is 8. The Morgan fingerprint density at radius 2 is 1.65 bits per heavy atom. The molecule has 1 aromatic rings. The minimum atomic E-state index is -3.53. The van der Waals surface area contributed by atoms with E-state index in [1.54, 1.807) is 0 Å². The van der Waals surface area contributed by atoms with Crippen LogP contribution in [0.25, 0.3) is 0 Å². The van der Waals surface area contributed by atoms with Gasteiger partial charge in [-0.2, -0.15) is 0 Å². The number of hydrogen-bond acceptors (Lipinski definition) is 3. The maximum absolute atomic E-state index is 11.4. The van der Waals surface area contributed by atoms with Crippen LogP contribution in [-0.4, -0.2) is 20.8 Å².